The average Bonchev–Trinajstić information content (AvgIpc) is 2.76. The molecular formula is C27H37N3O. The summed E-state index contributed by atoms with van der Waals surface area (Å²) in [5.74, 6) is 0.940. The molecule has 1 unspecified atom stereocenters. The SMILES string of the molecule is C=C(Nc1ccc(C(C)=O)cc1)N(C)[C@H]1C(C)N(C)CC[C@]1(C)c1ccccc1CC. The summed E-state index contributed by atoms with van der Waals surface area (Å²) in [7, 11) is 4.36. The molecule has 0 spiro atoms. The first kappa shape index (κ1) is 23.1. The number of benzene rings is 2. The van der Waals surface area contributed by atoms with E-state index in [2.05, 4.69) is 80.8 Å². The van der Waals surface area contributed by atoms with Gasteiger partial charge in [0.05, 0.1) is 11.9 Å². The highest BCUT2D eigenvalue weighted by Crippen LogP contribution is 2.42. The van der Waals surface area contributed by atoms with Crippen LogP contribution in [0.2, 0.25) is 0 Å². The van der Waals surface area contributed by atoms with Crippen LogP contribution in [0.25, 0.3) is 0 Å². The Hall–Kier alpha value is -2.59. The van der Waals surface area contributed by atoms with Crippen LogP contribution in [0.15, 0.2) is 60.9 Å². The summed E-state index contributed by atoms with van der Waals surface area (Å²) in [6.45, 7) is 14.0. The molecule has 1 aliphatic rings. The Morgan fingerprint density at radius 1 is 1.23 bits per heavy atom. The lowest BCUT2D eigenvalue weighted by atomic mass is 9.66. The van der Waals surface area contributed by atoms with Crippen molar-refractivity contribution in [2.45, 2.75) is 58.0 Å². The van der Waals surface area contributed by atoms with E-state index in [-0.39, 0.29) is 17.2 Å². The van der Waals surface area contributed by atoms with Gasteiger partial charge in [0.25, 0.3) is 0 Å². The van der Waals surface area contributed by atoms with Crippen LogP contribution < -0.4 is 5.32 Å². The molecule has 31 heavy (non-hydrogen) atoms. The number of hydrogen-bond donors (Lipinski definition) is 1. The number of Topliss-reactive ketones (excluding diaryl/α,β-unsaturated/α-hetero) is 1. The molecule has 0 radical (unpaired) electrons. The minimum absolute atomic E-state index is 0.0103. The second kappa shape index (κ2) is 9.27. The van der Waals surface area contributed by atoms with Crippen LogP contribution in [-0.2, 0) is 11.8 Å². The highest BCUT2D eigenvalue weighted by atomic mass is 16.1. The van der Waals surface area contributed by atoms with E-state index in [1.54, 1.807) is 6.92 Å². The van der Waals surface area contributed by atoms with Gasteiger partial charge in [0.1, 0.15) is 0 Å². The summed E-state index contributed by atoms with van der Waals surface area (Å²) in [5.41, 5.74) is 4.55. The number of likely N-dealkylation sites (tertiary alicyclic amines) is 1. The zero-order valence-corrected chi connectivity index (χ0v) is 19.9. The van der Waals surface area contributed by atoms with E-state index in [0.29, 0.717) is 6.04 Å². The van der Waals surface area contributed by atoms with Crippen LogP contribution in [0.5, 0.6) is 0 Å². The Labute approximate surface area is 187 Å². The Kier molecular flexibility index (Phi) is 6.90. The summed E-state index contributed by atoms with van der Waals surface area (Å²) < 4.78 is 0. The molecule has 1 fully saturated rings. The summed E-state index contributed by atoms with van der Waals surface area (Å²) >= 11 is 0. The Morgan fingerprint density at radius 2 is 1.87 bits per heavy atom. The van der Waals surface area contributed by atoms with E-state index in [0.717, 1.165) is 36.5 Å². The lowest BCUT2D eigenvalue weighted by Crippen LogP contribution is -2.62. The lowest BCUT2D eigenvalue weighted by molar-refractivity contribution is 0.0368. The monoisotopic (exact) mass is 419 g/mol. The number of nitrogens with one attached hydrogen (secondary N) is 1. The summed E-state index contributed by atoms with van der Waals surface area (Å²) in [4.78, 5) is 16.3. The van der Waals surface area contributed by atoms with Gasteiger partial charge in [-0.2, -0.15) is 0 Å². The highest BCUT2D eigenvalue weighted by molar-refractivity contribution is 5.94. The van der Waals surface area contributed by atoms with Gasteiger partial charge in [0.2, 0.25) is 0 Å². The summed E-state index contributed by atoms with van der Waals surface area (Å²) in [5, 5.41) is 3.46. The molecule has 166 valence electrons. The third kappa shape index (κ3) is 4.54. The Morgan fingerprint density at radius 3 is 2.48 bits per heavy atom. The smallest absolute Gasteiger partial charge is 0.159 e. The van der Waals surface area contributed by atoms with E-state index >= 15 is 0 Å². The molecule has 1 saturated heterocycles. The fraction of sp³-hybridized carbons (Fsp3) is 0.444. The van der Waals surface area contributed by atoms with Gasteiger partial charge in [0, 0.05) is 29.8 Å². The van der Waals surface area contributed by atoms with Crippen LogP contribution >= 0.6 is 0 Å². The predicted molar refractivity (Wildman–Crippen MR) is 131 cm³/mol. The van der Waals surface area contributed by atoms with Crippen molar-refractivity contribution in [2.24, 2.45) is 0 Å². The van der Waals surface area contributed by atoms with Gasteiger partial charge in [-0.3, -0.25) is 4.79 Å². The number of aryl methyl sites for hydroxylation is 1. The van der Waals surface area contributed by atoms with Crippen LogP contribution in [-0.4, -0.2) is 48.3 Å². The van der Waals surface area contributed by atoms with E-state index in [1.165, 1.54) is 11.1 Å². The third-order valence-corrected chi connectivity index (χ3v) is 7.23. The van der Waals surface area contributed by atoms with Crippen molar-refractivity contribution in [3.8, 4) is 0 Å². The topological polar surface area (TPSA) is 35.6 Å². The minimum Gasteiger partial charge on any atom is -0.356 e. The first-order chi connectivity index (χ1) is 14.7. The molecule has 0 bridgehead atoms. The highest BCUT2D eigenvalue weighted by Gasteiger charge is 2.47. The molecule has 1 heterocycles. The van der Waals surface area contributed by atoms with Crippen molar-refractivity contribution in [2.75, 3.05) is 26.0 Å². The number of piperidine rings is 1. The number of nitrogens with zero attached hydrogens (tertiary/aromatic N) is 2. The largest absolute Gasteiger partial charge is 0.356 e. The van der Waals surface area contributed by atoms with Crippen molar-refractivity contribution in [1.29, 1.82) is 0 Å². The molecule has 3 rings (SSSR count). The second-order valence-corrected chi connectivity index (χ2v) is 9.16. The van der Waals surface area contributed by atoms with Gasteiger partial charge in [-0.25, -0.2) is 0 Å². The van der Waals surface area contributed by atoms with Crippen LogP contribution in [0, 0.1) is 0 Å². The molecule has 0 aliphatic carbocycles. The standard InChI is InChI=1S/C27H37N3O/c1-8-22-11-9-10-12-25(22)27(5)17-18-29(6)19(2)26(27)30(7)21(4)28-24-15-13-23(14-16-24)20(3)31/h9-16,19,26,28H,4,8,17-18H2,1-3,5-7H3/t19?,26-,27+/m0/s1. The number of carbonyl (C=O) groups is 1. The van der Waals surface area contributed by atoms with E-state index in [1.807, 2.05) is 24.3 Å². The predicted octanol–water partition coefficient (Wildman–Crippen LogP) is 5.32. The molecule has 2 aromatic rings. The van der Waals surface area contributed by atoms with Crippen molar-refractivity contribution >= 4 is 11.5 Å². The third-order valence-electron chi connectivity index (χ3n) is 7.23. The molecule has 1 aliphatic heterocycles. The average molecular weight is 420 g/mol. The molecule has 4 heteroatoms. The molecular weight excluding hydrogens is 382 g/mol. The first-order valence-corrected chi connectivity index (χ1v) is 11.3. The number of rotatable bonds is 7. The van der Waals surface area contributed by atoms with Crippen molar-refractivity contribution in [1.82, 2.24) is 9.80 Å². The number of anilines is 1. The van der Waals surface area contributed by atoms with Gasteiger partial charge < -0.3 is 15.1 Å². The van der Waals surface area contributed by atoms with E-state index in [4.69, 9.17) is 0 Å². The van der Waals surface area contributed by atoms with Gasteiger partial charge in [-0.05, 0) is 75.7 Å². The molecule has 4 nitrogen and oxygen atoms in total. The lowest BCUT2D eigenvalue weighted by Gasteiger charge is -2.54. The van der Waals surface area contributed by atoms with Crippen LogP contribution in [0.3, 0.4) is 0 Å². The van der Waals surface area contributed by atoms with Gasteiger partial charge >= 0.3 is 0 Å². The van der Waals surface area contributed by atoms with Gasteiger partial charge in [-0.1, -0.05) is 44.7 Å². The number of likely N-dealkylation sites (N-methyl/N-ethyl adjacent to an activating group) is 2. The summed E-state index contributed by atoms with van der Waals surface area (Å²) in [6, 6.07) is 17.1. The first-order valence-electron chi connectivity index (χ1n) is 11.3. The zero-order valence-electron chi connectivity index (χ0n) is 19.9. The normalized spacial score (nSPS) is 23.9. The molecule has 0 aromatic heterocycles. The molecule has 3 atom stereocenters. The zero-order chi connectivity index (χ0) is 22.8. The molecule has 0 amide bonds. The Balaban J connectivity index is 1.91. The molecule has 0 saturated carbocycles. The van der Waals surface area contributed by atoms with Crippen LogP contribution in [0.4, 0.5) is 5.69 Å². The van der Waals surface area contributed by atoms with Gasteiger partial charge in [0.15, 0.2) is 5.78 Å². The Bertz CT molecular complexity index is 936. The van der Waals surface area contributed by atoms with Crippen LogP contribution in [0.1, 0.15) is 55.6 Å². The maximum atomic E-state index is 11.6. The minimum atomic E-state index is 0.0103. The number of ketones is 1. The second-order valence-electron chi connectivity index (χ2n) is 9.16. The quantitative estimate of drug-likeness (QED) is 0.617. The maximum absolute atomic E-state index is 11.6. The molecule has 2 aromatic carbocycles. The fourth-order valence-corrected chi connectivity index (χ4v) is 5.18. The van der Waals surface area contributed by atoms with Crippen molar-refractivity contribution < 1.29 is 4.79 Å². The van der Waals surface area contributed by atoms with E-state index < -0.39 is 0 Å². The molecule has 1 N–H and O–H groups in total. The number of carbonyl (C=O) groups excluding carboxylic acids is 1. The van der Waals surface area contributed by atoms with Crippen molar-refractivity contribution in [3.63, 3.8) is 0 Å². The van der Waals surface area contributed by atoms with E-state index in [9.17, 15) is 4.79 Å². The number of hydrogen-bond acceptors (Lipinski definition) is 4. The van der Waals surface area contributed by atoms with Crippen molar-refractivity contribution in [3.05, 3.63) is 77.6 Å². The summed E-state index contributed by atoms with van der Waals surface area (Å²) in [6.07, 6.45) is 2.13. The maximum Gasteiger partial charge on any atom is 0.159 e. The fourth-order valence-electron chi connectivity index (χ4n) is 5.18. The van der Waals surface area contributed by atoms with Gasteiger partial charge in [-0.15, -0.1) is 0 Å².